The van der Waals surface area contributed by atoms with Gasteiger partial charge in [0.1, 0.15) is 5.75 Å². The molecule has 4 nitrogen and oxygen atoms in total. The highest BCUT2D eigenvalue weighted by atomic mass is 35.5. The first kappa shape index (κ1) is 16.1. The topological polar surface area (TPSA) is 41.6 Å². The summed E-state index contributed by atoms with van der Waals surface area (Å²) in [6.45, 7) is 2.43. The number of carbonyl (C=O) groups excluding carboxylic acids is 1. The number of ether oxygens (including phenoxy) is 1. The first-order valence-electron chi connectivity index (χ1n) is 7.50. The van der Waals surface area contributed by atoms with Crippen molar-refractivity contribution in [2.24, 2.45) is 0 Å². The molecule has 1 aliphatic heterocycles. The number of carbonyl (C=O) groups is 1. The van der Waals surface area contributed by atoms with Crippen molar-refractivity contribution in [3.8, 4) is 5.75 Å². The van der Waals surface area contributed by atoms with Crippen LogP contribution < -0.4 is 10.1 Å². The SMILES string of the molecule is CN1CCC[C@@H]1CNC(=O)CCCOc1ccc(Cl)cc1. The summed E-state index contributed by atoms with van der Waals surface area (Å²) in [6.07, 6.45) is 3.63. The first-order valence-corrected chi connectivity index (χ1v) is 7.88. The van der Waals surface area contributed by atoms with Gasteiger partial charge in [-0.05, 0) is 57.1 Å². The number of nitrogens with one attached hydrogen (secondary N) is 1. The number of hydrogen-bond acceptors (Lipinski definition) is 3. The molecule has 1 aromatic carbocycles. The van der Waals surface area contributed by atoms with Crippen molar-refractivity contribution in [3.05, 3.63) is 29.3 Å². The Hall–Kier alpha value is -1.26. The van der Waals surface area contributed by atoms with Crippen LogP contribution in [0, 0.1) is 0 Å². The monoisotopic (exact) mass is 310 g/mol. The lowest BCUT2D eigenvalue weighted by Gasteiger charge is -2.19. The number of halogens is 1. The Morgan fingerprint density at radius 2 is 2.19 bits per heavy atom. The molecule has 2 rings (SSSR count). The van der Waals surface area contributed by atoms with E-state index >= 15 is 0 Å². The number of amides is 1. The normalized spacial score (nSPS) is 18.7. The Kier molecular flexibility index (Phi) is 6.33. The highest BCUT2D eigenvalue weighted by molar-refractivity contribution is 6.30. The van der Waals surface area contributed by atoms with E-state index in [1.54, 1.807) is 12.1 Å². The van der Waals surface area contributed by atoms with Gasteiger partial charge in [0.2, 0.25) is 5.91 Å². The second kappa shape index (κ2) is 8.25. The number of rotatable bonds is 7. The van der Waals surface area contributed by atoms with Crippen molar-refractivity contribution in [2.75, 3.05) is 26.7 Å². The van der Waals surface area contributed by atoms with Crippen LogP contribution in [0.5, 0.6) is 5.75 Å². The van der Waals surface area contributed by atoms with Gasteiger partial charge in [0.25, 0.3) is 0 Å². The van der Waals surface area contributed by atoms with Crippen LogP contribution in [-0.2, 0) is 4.79 Å². The summed E-state index contributed by atoms with van der Waals surface area (Å²) in [4.78, 5) is 14.1. The van der Waals surface area contributed by atoms with E-state index in [4.69, 9.17) is 16.3 Å². The van der Waals surface area contributed by atoms with E-state index in [2.05, 4.69) is 17.3 Å². The van der Waals surface area contributed by atoms with Crippen molar-refractivity contribution in [1.29, 1.82) is 0 Å². The third-order valence-corrected chi connectivity index (χ3v) is 4.09. The minimum Gasteiger partial charge on any atom is -0.494 e. The summed E-state index contributed by atoms with van der Waals surface area (Å²) in [6, 6.07) is 7.75. The molecule has 1 aliphatic rings. The Bertz CT molecular complexity index is 450. The van der Waals surface area contributed by atoms with Gasteiger partial charge in [0.05, 0.1) is 6.61 Å². The fourth-order valence-corrected chi connectivity index (χ4v) is 2.64. The lowest BCUT2D eigenvalue weighted by atomic mass is 10.2. The standard InChI is InChI=1S/C16H23ClN2O2/c1-19-10-2-4-14(19)12-18-16(20)5-3-11-21-15-8-6-13(17)7-9-15/h6-9,14H,2-5,10-12H2,1H3,(H,18,20)/t14-/m1/s1. The van der Waals surface area contributed by atoms with Gasteiger partial charge in [-0.15, -0.1) is 0 Å². The molecule has 0 aromatic heterocycles. The summed E-state index contributed by atoms with van der Waals surface area (Å²) in [5.74, 6) is 0.891. The van der Waals surface area contributed by atoms with Gasteiger partial charge in [-0.3, -0.25) is 4.79 Å². The third kappa shape index (κ3) is 5.56. The lowest BCUT2D eigenvalue weighted by molar-refractivity contribution is -0.121. The molecule has 5 heteroatoms. The summed E-state index contributed by atoms with van der Waals surface area (Å²) in [5, 5.41) is 3.70. The summed E-state index contributed by atoms with van der Waals surface area (Å²) < 4.78 is 5.56. The van der Waals surface area contributed by atoms with Crippen LogP contribution >= 0.6 is 11.6 Å². The Morgan fingerprint density at radius 3 is 2.86 bits per heavy atom. The van der Waals surface area contributed by atoms with Crippen LogP contribution in [0.2, 0.25) is 5.02 Å². The van der Waals surface area contributed by atoms with E-state index in [0.717, 1.165) is 25.3 Å². The molecular formula is C16H23ClN2O2. The molecule has 0 unspecified atom stereocenters. The maximum atomic E-state index is 11.8. The van der Waals surface area contributed by atoms with Crippen molar-refractivity contribution in [2.45, 2.75) is 31.7 Å². The largest absolute Gasteiger partial charge is 0.494 e. The molecular weight excluding hydrogens is 288 g/mol. The van der Waals surface area contributed by atoms with E-state index in [1.807, 2.05) is 12.1 Å². The van der Waals surface area contributed by atoms with Gasteiger partial charge < -0.3 is 15.0 Å². The fraction of sp³-hybridized carbons (Fsp3) is 0.562. The summed E-state index contributed by atoms with van der Waals surface area (Å²) >= 11 is 5.80. The first-order chi connectivity index (χ1) is 10.1. The van der Waals surface area contributed by atoms with Gasteiger partial charge >= 0.3 is 0 Å². The summed E-state index contributed by atoms with van der Waals surface area (Å²) in [5.41, 5.74) is 0. The molecule has 1 fully saturated rings. The fourth-order valence-electron chi connectivity index (χ4n) is 2.51. The number of hydrogen-bond donors (Lipinski definition) is 1. The number of nitrogens with zero attached hydrogens (tertiary/aromatic N) is 1. The molecule has 1 saturated heterocycles. The quantitative estimate of drug-likeness (QED) is 0.787. The van der Waals surface area contributed by atoms with E-state index in [1.165, 1.54) is 12.8 Å². The average molecular weight is 311 g/mol. The second-order valence-electron chi connectivity index (χ2n) is 5.49. The van der Waals surface area contributed by atoms with E-state index in [0.29, 0.717) is 24.1 Å². The van der Waals surface area contributed by atoms with Gasteiger partial charge in [-0.1, -0.05) is 11.6 Å². The van der Waals surface area contributed by atoms with E-state index in [-0.39, 0.29) is 5.91 Å². The Labute approximate surface area is 131 Å². The zero-order chi connectivity index (χ0) is 15.1. The highest BCUT2D eigenvalue weighted by Gasteiger charge is 2.20. The van der Waals surface area contributed by atoms with Crippen molar-refractivity contribution in [3.63, 3.8) is 0 Å². The number of likely N-dealkylation sites (tertiary alicyclic amines) is 1. The Morgan fingerprint density at radius 1 is 1.43 bits per heavy atom. The molecule has 0 aliphatic carbocycles. The molecule has 0 radical (unpaired) electrons. The third-order valence-electron chi connectivity index (χ3n) is 3.84. The number of likely N-dealkylation sites (N-methyl/N-ethyl adjacent to an activating group) is 1. The number of benzene rings is 1. The van der Waals surface area contributed by atoms with Crippen LogP contribution in [0.4, 0.5) is 0 Å². The predicted octanol–water partition coefficient (Wildman–Crippen LogP) is 2.71. The molecule has 0 spiro atoms. The van der Waals surface area contributed by atoms with E-state index in [9.17, 15) is 4.79 Å². The van der Waals surface area contributed by atoms with Crippen LogP contribution in [0.15, 0.2) is 24.3 Å². The van der Waals surface area contributed by atoms with Crippen LogP contribution in [0.3, 0.4) is 0 Å². The minimum absolute atomic E-state index is 0.106. The maximum absolute atomic E-state index is 11.8. The minimum atomic E-state index is 0.106. The van der Waals surface area contributed by atoms with Gasteiger partial charge in [0, 0.05) is 24.0 Å². The van der Waals surface area contributed by atoms with Crippen LogP contribution in [0.25, 0.3) is 0 Å². The van der Waals surface area contributed by atoms with Gasteiger partial charge in [-0.2, -0.15) is 0 Å². The van der Waals surface area contributed by atoms with Crippen molar-refractivity contribution >= 4 is 17.5 Å². The van der Waals surface area contributed by atoms with Gasteiger partial charge in [0.15, 0.2) is 0 Å². The van der Waals surface area contributed by atoms with Gasteiger partial charge in [-0.25, -0.2) is 0 Å². The molecule has 116 valence electrons. The van der Waals surface area contributed by atoms with Crippen LogP contribution in [0.1, 0.15) is 25.7 Å². The molecule has 1 aromatic rings. The molecule has 21 heavy (non-hydrogen) atoms. The second-order valence-corrected chi connectivity index (χ2v) is 5.92. The van der Waals surface area contributed by atoms with E-state index < -0.39 is 0 Å². The predicted molar refractivity (Wildman–Crippen MR) is 84.8 cm³/mol. The summed E-state index contributed by atoms with van der Waals surface area (Å²) in [7, 11) is 2.11. The zero-order valence-electron chi connectivity index (χ0n) is 12.5. The Balaban J connectivity index is 1.55. The van der Waals surface area contributed by atoms with Crippen LogP contribution in [-0.4, -0.2) is 43.6 Å². The molecule has 1 atom stereocenters. The average Bonchev–Trinajstić information content (AvgIpc) is 2.89. The zero-order valence-corrected chi connectivity index (χ0v) is 13.2. The van der Waals surface area contributed by atoms with Crippen molar-refractivity contribution in [1.82, 2.24) is 10.2 Å². The molecule has 1 amide bonds. The molecule has 1 heterocycles. The molecule has 1 N–H and O–H groups in total. The molecule has 0 saturated carbocycles. The highest BCUT2D eigenvalue weighted by Crippen LogP contribution is 2.16. The smallest absolute Gasteiger partial charge is 0.220 e. The molecule has 0 bridgehead atoms. The van der Waals surface area contributed by atoms with Crippen molar-refractivity contribution < 1.29 is 9.53 Å². The maximum Gasteiger partial charge on any atom is 0.220 e. The lowest BCUT2D eigenvalue weighted by Crippen LogP contribution is -2.38.